The number of nitrogens with two attached hydrogens (primary N) is 1. The summed E-state index contributed by atoms with van der Waals surface area (Å²) in [6, 6.07) is 0. The Labute approximate surface area is 97.8 Å². The summed E-state index contributed by atoms with van der Waals surface area (Å²) < 4.78 is 24.3. The molecule has 0 aromatic rings. The van der Waals surface area contributed by atoms with Gasteiger partial charge in [0.15, 0.2) is 0 Å². The molecule has 3 N–H and O–H groups in total. The molecular formula is C10H22N2O3S. The summed E-state index contributed by atoms with van der Waals surface area (Å²) in [5.74, 6) is -0.0509. The second kappa shape index (κ2) is 6.85. The van der Waals surface area contributed by atoms with Crippen LogP contribution in [0.3, 0.4) is 0 Å². The summed E-state index contributed by atoms with van der Waals surface area (Å²) in [4.78, 5) is 11.4. The standard InChI is InChI=1S/C10H22N2O3S/c1-4-16(14,15)12-10(13)6-9(7-11)5-8(2)3/h8-9H,4-7,11H2,1-3H3,(H,12,13). The smallest absolute Gasteiger partial charge is 0.234 e. The van der Waals surface area contributed by atoms with Gasteiger partial charge in [-0.1, -0.05) is 13.8 Å². The number of carbonyl (C=O) groups excluding carboxylic acids is 1. The van der Waals surface area contributed by atoms with Gasteiger partial charge < -0.3 is 5.73 Å². The highest BCUT2D eigenvalue weighted by Crippen LogP contribution is 2.14. The van der Waals surface area contributed by atoms with Crippen molar-refractivity contribution in [2.75, 3.05) is 12.3 Å². The molecule has 96 valence electrons. The predicted molar refractivity (Wildman–Crippen MR) is 64.2 cm³/mol. The van der Waals surface area contributed by atoms with Crippen LogP contribution in [0.2, 0.25) is 0 Å². The fourth-order valence-corrected chi connectivity index (χ4v) is 2.05. The van der Waals surface area contributed by atoms with E-state index in [-0.39, 0.29) is 18.1 Å². The van der Waals surface area contributed by atoms with Crippen LogP contribution >= 0.6 is 0 Å². The van der Waals surface area contributed by atoms with E-state index in [0.717, 1.165) is 6.42 Å². The molecule has 1 unspecified atom stereocenters. The number of carbonyl (C=O) groups is 1. The quantitative estimate of drug-likeness (QED) is 0.687. The van der Waals surface area contributed by atoms with Crippen LogP contribution in [0, 0.1) is 11.8 Å². The van der Waals surface area contributed by atoms with E-state index in [1.807, 2.05) is 18.6 Å². The maximum Gasteiger partial charge on any atom is 0.234 e. The third-order valence-electron chi connectivity index (χ3n) is 2.26. The van der Waals surface area contributed by atoms with Crippen molar-refractivity contribution in [3.8, 4) is 0 Å². The molecule has 0 aromatic heterocycles. The molecule has 0 spiro atoms. The summed E-state index contributed by atoms with van der Waals surface area (Å²) in [6.45, 7) is 5.98. The number of nitrogens with one attached hydrogen (secondary N) is 1. The molecule has 1 atom stereocenters. The van der Waals surface area contributed by atoms with E-state index in [1.54, 1.807) is 0 Å². The molecule has 0 radical (unpaired) electrons. The van der Waals surface area contributed by atoms with Gasteiger partial charge in [0.05, 0.1) is 5.75 Å². The lowest BCUT2D eigenvalue weighted by molar-refractivity contribution is -0.120. The molecule has 0 saturated carbocycles. The topological polar surface area (TPSA) is 89.3 Å². The van der Waals surface area contributed by atoms with Gasteiger partial charge in [-0.2, -0.15) is 0 Å². The molecule has 0 heterocycles. The van der Waals surface area contributed by atoms with E-state index in [9.17, 15) is 13.2 Å². The fourth-order valence-electron chi connectivity index (χ4n) is 1.48. The molecule has 0 aliphatic rings. The molecule has 0 saturated heterocycles. The predicted octanol–water partition coefficient (Wildman–Crippen LogP) is 0.463. The van der Waals surface area contributed by atoms with Gasteiger partial charge in [0.2, 0.25) is 15.9 Å². The Hall–Kier alpha value is -0.620. The first-order chi connectivity index (χ1) is 7.30. The van der Waals surface area contributed by atoms with Crippen molar-refractivity contribution < 1.29 is 13.2 Å². The van der Waals surface area contributed by atoms with Crippen LogP contribution in [0.4, 0.5) is 0 Å². The number of rotatable bonds is 7. The maximum atomic E-state index is 11.4. The highest BCUT2D eigenvalue weighted by atomic mass is 32.2. The summed E-state index contributed by atoms with van der Waals surface area (Å²) in [5, 5.41) is 0. The molecule has 0 rings (SSSR count). The molecule has 0 aliphatic carbocycles. The van der Waals surface area contributed by atoms with E-state index in [2.05, 4.69) is 0 Å². The van der Waals surface area contributed by atoms with E-state index < -0.39 is 15.9 Å². The molecule has 6 heteroatoms. The molecule has 1 amide bonds. The Kier molecular flexibility index (Phi) is 6.59. The van der Waals surface area contributed by atoms with Crippen molar-refractivity contribution in [2.45, 2.75) is 33.6 Å². The van der Waals surface area contributed by atoms with Crippen molar-refractivity contribution in [2.24, 2.45) is 17.6 Å². The SMILES string of the molecule is CCS(=O)(=O)NC(=O)CC(CN)CC(C)C. The van der Waals surface area contributed by atoms with E-state index >= 15 is 0 Å². The Balaban J connectivity index is 4.21. The van der Waals surface area contributed by atoms with Gasteiger partial charge in [-0.3, -0.25) is 9.52 Å². The molecular weight excluding hydrogens is 228 g/mol. The zero-order valence-corrected chi connectivity index (χ0v) is 11.0. The second-order valence-corrected chi connectivity index (χ2v) is 6.38. The lowest BCUT2D eigenvalue weighted by Gasteiger charge is -2.16. The number of sulfonamides is 1. The third-order valence-corrected chi connectivity index (χ3v) is 3.56. The summed E-state index contributed by atoms with van der Waals surface area (Å²) in [7, 11) is -3.44. The molecule has 0 aliphatic heterocycles. The van der Waals surface area contributed by atoms with Crippen molar-refractivity contribution in [1.29, 1.82) is 0 Å². The first-order valence-electron chi connectivity index (χ1n) is 5.54. The Morgan fingerprint density at radius 1 is 1.38 bits per heavy atom. The van der Waals surface area contributed by atoms with Crippen LogP contribution in [0.25, 0.3) is 0 Å². The molecule has 0 aromatic carbocycles. The Bertz CT molecular complexity index is 312. The lowest BCUT2D eigenvalue weighted by Crippen LogP contribution is -2.34. The number of hydrogen-bond donors (Lipinski definition) is 2. The monoisotopic (exact) mass is 250 g/mol. The Morgan fingerprint density at radius 3 is 2.31 bits per heavy atom. The fraction of sp³-hybridized carbons (Fsp3) is 0.900. The summed E-state index contributed by atoms with van der Waals surface area (Å²) >= 11 is 0. The zero-order chi connectivity index (χ0) is 12.8. The average Bonchev–Trinajstić information content (AvgIpc) is 2.15. The number of amides is 1. The minimum atomic E-state index is -3.44. The average molecular weight is 250 g/mol. The molecule has 0 fully saturated rings. The van der Waals surface area contributed by atoms with E-state index in [1.165, 1.54) is 6.92 Å². The van der Waals surface area contributed by atoms with Crippen LogP contribution in [-0.4, -0.2) is 26.6 Å². The van der Waals surface area contributed by atoms with Crippen LogP contribution < -0.4 is 10.5 Å². The van der Waals surface area contributed by atoms with Crippen LogP contribution in [-0.2, 0) is 14.8 Å². The first-order valence-corrected chi connectivity index (χ1v) is 7.19. The van der Waals surface area contributed by atoms with Gasteiger partial charge in [0, 0.05) is 6.42 Å². The van der Waals surface area contributed by atoms with Crippen LogP contribution in [0.5, 0.6) is 0 Å². The summed E-state index contributed by atoms with van der Waals surface area (Å²) in [6.07, 6.45) is 1.00. The lowest BCUT2D eigenvalue weighted by atomic mass is 9.94. The van der Waals surface area contributed by atoms with E-state index in [0.29, 0.717) is 12.5 Å². The van der Waals surface area contributed by atoms with Gasteiger partial charge >= 0.3 is 0 Å². The van der Waals surface area contributed by atoms with Crippen molar-refractivity contribution >= 4 is 15.9 Å². The van der Waals surface area contributed by atoms with Crippen molar-refractivity contribution in [3.05, 3.63) is 0 Å². The minimum absolute atomic E-state index is 0.0482. The molecule has 0 bridgehead atoms. The van der Waals surface area contributed by atoms with Gasteiger partial charge in [0.25, 0.3) is 0 Å². The highest BCUT2D eigenvalue weighted by Gasteiger charge is 2.17. The normalized spacial score (nSPS) is 13.8. The molecule has 5 nitrogen and oxygen atoms in total. The molecule has 16 heavy (non-hydrogen) atoms. The van der Waals surface area contributed by atoms with E-state index in [4.69, 9.17) is 5.73 Å². The minimum Gasteiger partial charge on any atom is -0.330 e. The van der Waals surface area contributed by atoms with Crippen molar-refractivity contribution in [1.82, 2.24) is 4.72 Å². The zero-order valence-electron chi connectivity index (χ0n) is 10.2. The Morgan fingerprint density at radius 2 is 1.94 bits per heavy atom. The third kappa shape index (κ3) is 6.79. The highest BCUT2D eigenvalue weighted by molar-refractivity contribution is 7.90. The maximum absolute atomic E-state index is 11.4. The van der Waals surface area contributed by atoms with Gasteiger partial charge in [-0.15, -0.1) is 0 Å². The van der Waals surface area contributed by atoms with Crippen molar-refractivity contribution in [3.63, 3.8) is 0 Å². The second-order valence-electron chi connectivity index (χ2n) is 4.36. The first kappa shape index (κ1) is 15.4. The largest absolute Gasteiger partial charge is 0.330 e. The van der Waals surface area contributed by atoms with Crippen LogP contribution in [0.1, 0.15) is 33.6 Å². The van der Waals surface area contributed by atoms with Gasteiger partial charge in [-0.25, -0.2) is 8.42 Å². The summed E-state index contributed by atoms with van der Waals surface area (Å²) in [5.41, 5.74) is 5.54. The van der Waals surface area contributed by atoms with Gasteiger partial charge in [-0.05, 0) is 31.7 Å². The number of hydrogen-bond acceptors (Lipinski definition) is 4. The van der Waals surface area contributed by atoms with Gasteiger partial charge in [0.1, 0.15) is 0 Å². The van der Waals surface area contributed by atoms with Crippen LogP contribution in [0.15, 0.2) is 0 Å².